The molecule has 0 aliphatic carbocycles. The van der Waals surface area contributed by atoms with Crippen molar-refractivity contribution in [2.75, 3.05) is 6.54 Å². The molecule has 0 radical (unpaired) electrons. The van der Waals surface area contributed by atoms with Crippen molar-refractivity contribution in [2.45, 2.75) is 56.3 Å². The number of aromatic amines is 2. The van der Waals surface area contributed by atoms with E-state index in [0.29, 0.717) is 24.9 Å². The molecule has 4 atom stereocenters. The van der Waals surface area contributed by atoms with Gasteiger partial charge in [-0.1, -0.05) is 36.4 Å². The van der Waals surface area contributed by atoms with Crippen molar-refractivity contribution >= 4 is 51.4 Å². The number of nitrogens with one attached hydrogen (secondary N) is 4. The Morgan fingerprint density at radius 2 is 1.48 bits per heavy atom. The Morgan fingerprint density at radius 3 is 2.07 bits per heavy atom. The number of nitrogens with two attached hydrogens (primary N) is 2. The summed E-state index contributed by atoms with van der Waals surface area (Å²) in [4.78, 5) is 71.5. The Morgan fingerprint density at radius 1 is 0.886 bits per heavy atom. The molecule has 4 aromatic rings. The van der Waals surface area contributed by atoms with Crippen LogP contribution in [-0.2, 0) is 36.8 Å². The normalized spacial score (nSPS) is 16.8. The van der Waals surface area contributed by atoms with Crippen molar-refractivity contribution in [3.8, 4) is 0 Å². The summed E-state index contributed by atoms with van der Waals surface area (Å²) in [5.41, 5.74) is 15.0. The number of fused-ring (bicyclic) bond motifs is 2. The second kappa shape index (κ2) is 13.0. The van der Waals surface area contributed by atoms with Crippen LogP contribution in [0.2, 0.25) is 0 Å². The van der Waals surface area contributed by atoms with Gasteiger partial charge in [-0.25, -0.2) is 4.79 Å². The zero-order chi connectivity index (χ0) is 31.4. The molecule has 1 fully saturated rings. The van der Waals surface area contributed by atoms with E-state index in [9.17, 15) is 29.1 Å². The van der Waals surface area contributed by atoms with Gasteiger partial charge in [0.2, 0.25) is 23.6 Å². The molecular weight excluding hydrogens is 566 g/mol. The van der Waals surface area contributed by atoms with Crippen molar-refractivity contribution in [1.29, 1.82) is 0 Å². The van der Waals surface area contributed by atoms with Gasteiger partial charge in [0.15, 0.2) is 0 Å². The zero-order valence-corrected chi connectivity index (χ0v) is 23.9. The molecule has 1 aliphatic rings. The van der Waals surface area contributed by atoms with Crippen LogP contribution < -0.4 is 22.1 Å². The quantitative estimate of drug-likeness (QED) is 0.123. The smallest absolute Gasteiger partial charge is 0.326 e. The molecule has 1 saturated heterocycles. The van der Waals surface area contributed by atoms with E-state index in [1.54, 1.807) is 6.20 Å². The van der Waals surface area contributed by atoms with Gasteiger partial charge >= 0.3 is 5.97 Å². The molecule has 4 unspecified atom stereocenters. The highest BCUT2D eigenvalue weighted by atomic mass is 16.4. The maximum absolute atomic E-state index is 13.4. The van der Waals surface area contributed by atoms with E-state index in [4.69, 9.17) is 11.5 Å². The second-order valence-electron chi connectivity index (χ2n) is 11.1. The fraction of sp³-hybridized carbons (Fsp3) is 0.323. The molecule has 230 valence electrons. The molecule has 1 aliphatic heterocycles. The average Bonchev–Trinajstić information content (AvgIpc) is 3.75. The molecular formula is C31H35N7O6. The summed E-state index contributed by atoms with van der Waals surface area (Å²) in [5.74, 6) is -4.09. The molecule has 3 heterocycles. The predicted octanol–water partition coefficient (Wildman–Crippen LogP) is 0.682. The molecule has 4 amide bonds. The fourth-order valence-electron chi connectivity index (χ4n) is 5.81. The van der Waals surface area contributed by atoms with Crippen molar-refractivity contribution < 1.29 is 29.1 Å². The monoisotopic (exact) mass is 601 g/mol. The van der Waals surface area contributed by atoms with Gasteiger partial charge in [0.05, 0.1) is 12.5 Å². The van der Waals surface area contributed by atoms with Crippen LogP contribution in [0.1, 0.15) is 30.4 Å². The number of H-pyrrole nitrogens is 2. The third-order valence-corrected chi connectivity index (χ3v) is 8.02. The number of aromatic nitrogens is 2. The highest BCUT2D eigenvalue weighted by molar-refractivity contribution is 5.97. The largest absolute Gasteiger partial charge is 0.480 e. The first-order valence-corrected chi connectivity index (χ1v) is 14.4. The van der Waals surface area contributed by atoms with Crippen molar-refractivity contribution in [3.05, 3.63) is 72.1 Å². The number of hydrogen-bond acceptors (Lipinski definition) is 6. The summed E-state index contributed by atoms with van der Waals surface area (Å²) in [6.07, 6.45) is 4.02. The number of hydrogen-bond donors (Lipinski definition) is 7. The highest BCUT2D eigenvalue weighted by Gasteiger charge is 2.38. The maximum Gasteiger partial charge on any atom is 0.326 e. The number of carbonyl (C=O) groups is 5. The van der Waals surface area contributed by atoms with Crippen LogP contribution in [0.3, 0.4) is 0 Å². The van der Waals surface area contributed by atoms with Crippen molar-refractivity contribution in [2.24, 2.45) is 11.5 Å². The Balaban J connectivity index is 1.25. The zero-order valence-electron chi connectivity index (χ0n) is 23.9. The number of carboxylic acids is 1. The van der Waals surface area contributed by atoms with Gasteiger partial charge in [-0.15, -0.1) is 0 Å². The number of rotatable bonds is 12. The Bertz CT molecular complexity index is 1710. The summed E-state index contributed by atoms with van der Waals surface area (Å²) >= 11 is 0. The average molecular weight is 602 g/mol. The van der Waals surface area contributed by atoms with E-state index in [0.717, 1.165) is 27.4 Å². The standard InChI is InChI=1S/C31H35N7O6/c32-21(12-17-15-34-22-8-3-1-6-19(17)22)30(42)38-11-5-10-26(38)29(41)36-24(14-27(33)39)28(40)37-25(31(43)44)13-18-16-35-23-9-4-2-7-20(18)23/h1-4,6-9,15-16,21,24-26,34-35H,5,10-14,32H2,(H2,33,39)(H,36,41)(H,37,40)(H,43,44). The Hall–Kier alpha value is -5.17. The van der Waals surface area contributed by atoms with E-state index >= 15 is 0 Å². The number of carboxylic acid groups (broad SMARTS) is 1. The number of carbonyl (C=O) groups excluding carboxylic acids is 4. The van der Waals surface area contributed by atoms with E-state index in [1.165, 1.54) is 4.90 Å². The minimum Gasteiger partial charge on any atom is -0.480 e. The van der Waals surface area contributed by atoms with Gasteiger partial charge in [-0.05, 0) is 42.5 Å². The van der Waals surface area contributed by atoms with E-state index in [2.05, 4.69) is 20.6 Å². The lowest BCUT2D eigenvalue weighted by Crippen LogP contribution is -2.57. The Labute approximate surface area is 252 Å². The Kier molecular flexibility index (Phi) is 8.95. The molecule has 2 aromatic carbocycles. The number of aliphatic carboxylic acids is 1. The topological polar surface area (TPSA) is 216 Å². The van der Waals surface area contributed by atoms with E-state index in [1.807, 2.05) is 54.7 Å². The lowest BCUT2D eigenvalue weighted by molar-refractivity contribution is -0.143. The third-order valence-electron chi connectivity index (χ3n) is 8.02. The minimum absolute atomic E-state index is 0.0401. The number of likely N-dealkylation sites (tertiary alicyclic amines) is 1. The molecule has 0 saturated carbocycles. The number of para-hydroxylation sites is 2. The van der Waals surface area contributed by atoms with Crippen molar-refractivity contribution in [1.82, 2.24) is 25.5 Å². The minimum atomic E-state index is -1.44. The van der Waals surface area contributed by atoms with Crippen molar-refractivity contribution in [3.63, 3.8) is 0 Å². The third kappa shape index (κ3) is 6.57. The van der Waals surface area contributed by atoms with E-state index < -0.39 is 60.2 Å². The molecule has 2 aromatic heterocycles. The van der Waals surface area contributed by atoms with Gasteiger partial charge in [0, 0.05) is 47.2 Å². The van der Waals surface area contributed by atoms with Crippen LogP contribution in [0.15, 0.2) is 60.9 Å². The molecule has 13 nitrogen and oxygen atoms in total. The van der Waals surface area contributed by atoms with E-state index in [-0.39, 0.29) is 12.8 Å². The number of primary amides is 1. The first kappa shape index (κ1) is 30.3. The second-order valence-corrected chi connectivity index (χ2v) is 11.1. The van der Waals surface area contributed by atoms with Crippen LogP contribution in [0.4, 0.5) is 0 Å². The van der Waals surface area contributed by atoms with Crippen LogP contribution in [-0.4, -0.2) is 80.3 Å². The summed E-state index contributed by atoms with van der Waals surface area (Å²) in [6, 6.07) is 10.4. The molecule has 0 bridgehead atoms. The van der Waals surface area contributed by atoms with Crippen LogP contribution in [0.5, 0.6) is 0 Å². The number of nitrogens with zero attached hydrogens (tertiary/aromatic N) is 1. The van der Waals surface area contributed by atoms with Gasteiger partial charge in [-0.2, -0.15) is 0 Å². The summed E-state index contributed by atoms with van der Waals surface area (Å²) < 4.78 is 0. The van der Waals surface area contributed by atoms with Gasteiger partial charge in [0.1, 0.15) is 18.1 Å². The lowest BCUT2D eigenvalue weighted by atomic mass is 10.0. The lowest BCUT2D eigenvalue weighted by Gasteiger charge is -2.28. The molecule has 0 spiro atoms. The highest BCUT2D eigenvalue weighted by Crippen LogP contribution is 2.23. The SMILES string of the molecule is NC(=O)CC(NC(=O)C1CCCN1C(=O)C(N)Cc1c[nH]c2ccccc12)C(=O)NC(Cc1c[nH]c2ccccc12)C(=O)O. The summed E-state index contributed by atoms with van der Waals surface area (Å²) in [6.45, 7) is 0.302. The van der Waals surface area contributed by atoms with Gasteiger partial charge in [-0.3, -0.25) is 19.2 Å². The first-order chi connectivity index (χ1) is 21.1. The summed E-state index contributed by atoms with van der Waals surface area (Å²) in [5, 5.41) is 16.6. The number of benzene rings is 2. The molecule has 13 heteroatoms. The molecule has 44 heavy (non-hydrogen) atoms. The van der Waals surface area contributed by atoms with Crippen LogP contribution in [0.25, 0.3) is 21.8 Å². The maximum atomic E-state index is 13.4. The molecule has 5 rings (SSSR count). The fourth-order valence-corrected chi connectivity index (χ4v) is 5.81. The van der Waals surface area contributed by atoms with Gasteiger partial charge in [0.25, 0.3) is 0 Å². The predicted molar refractivity (Wildman–Crippen MR) is 162 cm³/mol. The number of amides is 4. The van der Waals surface area contributed by atoms with Crippen LogP contribution in [0, 0.1) is 0 Å². The van der Waals surface area contributed by atoms with Gasteiger partial charge < -0.3 is 42.1 Å². The first-order valence-electron chi connectivity index (χ1n) is 14.4. The molecule has 9 N–H and O–H groups in total. The van der Waals surface area contributed by atoms with Crippen LogP contribution >= 0.6 is 0 Å². The summed E-state index contributed by atoms with van der Waals surface area (Å²) in [7, 11) is 0.